The molecule has 0 aliphatic heterocycles. The van der Waals surface area contributed by atoms with E-state index in [0.717, 1.165) is 17.1 Å². The van der Waals surface area contributed by atoms with Gasteiger partial charge in [-0.25, -0.2) is 0 Å². The summed E-state index contributed by atoms with van der Waals surface area (Å²) in [5, 5.41) is 5.10. The van der Waals surface area contributed by atoms with E-state index in [1.54, 1.807) is 0 Å². The first-order valence-electron chi connectivity index (χ1n) is 20.5. The van der Waals surface area contributed by atoms with Gasteiger partial charge in [-0.3, -0.25) is 0 Å². The van der Waals surface area contributed by atoms with Gasteiger partial charge < -0.3 is 4.90 Å². The number of fused-ring (bicyclic) bond motifs is 4. The molecule has 11 rings (SSSR count). The third kappa shape index (κ3) is 6.54. The van der Waals surface area contributed by atoms with Gasteiger partial charge in [0.1, 0.15) is 0 Å². The van der Waals surface area contributed by atoms with E-state index in [1.807, 2.05) is 11.3 Å². The van der Waals surface area contributed by atoms with Crippen LogP contribution in [0.1, 0.15) is 0 Å². The van der Waals surface area contributed by atoms with E-state index < -0.39 is 0 Å². The molecule has 0 amide bonds. The molecule has 0 spiro atoms. The molecule has 10 aromatic carbocycles. The molecule has 1 nitrogen and oxygen atoms in total. The molecule has 1 heterocycles. The largest absolute Gasteiger partial charge is 0.310 e. The Hall–Kier alpha value is -7.52. The van der Waals surface area contributed by atoms with Crippen molar-refractivity contribution in [2.75, 3.05) is 4.90 Å². The van der Waals surface area contributed by atoms with Crippen molar-refractivity contribution in [3.05, 3.63) is 237 Å². The van der Waals surface area contributed by atoms with Crippen molar-refractivity contribution in [3.8, 4) is 55.6 Å². The van der Waals surface area contributed by atoms with Gasteiger partial charge in [0.2, 0.25) is 0 Å². The summed E-state index contributed by atoms with van der Waals surface area (Å²) in [5.41, 5.74) is 15.4. The zero-order valence-corrected chi connectivity index (χ0v) is 33.7. The Morgan fingerprint density at radius 1 is 0.267 bits per heavy atom. The highest BCUT2D eigenvalue weighted by atomic mass is 32.1. The van der Waals surface area contributed by atoms with E-state index in [2.05, 4.69) is 241 Å². The Balaban J connectivity index is 1.04. The molecular weight excluding hydrogens is 743 g/mol. The number of nitrogens with zero attached hydrogens (tertiary/aromatic N) is 1. The number of hydrogen-bond donors (Lipinski definition) is 0. The predicted octanol–water partition coefficient (Wildman–Crippen LogP) is 17.0. The van der Waals surface area contributed by atoms with Gasteiger partial charge >= 0.3 is 0 Å². The molecule has 60 heavy (non-hydrogen) atoms. The maximum absolute atomic E-state index is 2.40. The van der Waals surface area contributed by atoms with E-state index >= 15 is 0 Å². The quantitative estimate of drug-likeness (QED) is 0.148. The number of rotatable bonds is 8. The molecule has 0 aliphatic carbocycles. The zero-order valence-electron chi connectivity index (χ0n) is 32.9. The van der Waals surface area contributed by atoms with Crippen molar-refractivity contribution in [3.63, 3.8) is 0 Å². The Morgan fingerprint density at radius 3 is 1.47 bits per heavy atom. The van der Waals surface area contributed by atoms with Crippen LogP contribution < -0.4 is 4.90 Å². The van der Waals surface area contributed by atoms with E-state index in [-0.39, 0.29) is 0 Å². The Labute approximate surface area is 354 Å². The molecule has 1 aromatic heterocycles. The van der Waals surface area contributed by atoms with E-state index in [9.17, 15) is 0 Å². The van der Waals surface area contributed by atoms with E-state index in [0.29, 0.717) is 0 Å². The molecule has 0 unspecified atom stereocenters. The number of benzene rings is 10. The molecule has 0 atom stereocenters. The summed E-state index contributed by atoms with van der Waals surface area (Å²) in [6, 6.07) is 86.1. The minimum Gasteiger partial charge on any atom is -0.310 e. The molecule has 0 N–H and O–H groups in total. The fourth-order valence-corrected chi connectivity index (χ4v) is 9.91. The molecule has 0 fully saturated rings. The number of hydrogen-bond acceptors (Lipinski definition) is 2. The first kappa shape index (κ1) is 35.6. The van der Waals surface area contributed by atoms with Gasteiger partial charge in [0, 0.05) is 37.2 Å². The summed E-state index contributed by atoms with van der Waals surface area (Å²) < 4.78 is 2.59. The summed E-state index contributed by atoms with van der Waals surface area (Å²) in [7, 11) is 0. The van der Waals surface area contributed by atoms with Crippen molar-refractivity contribution in [1.29, 1.82) is 0 Å². The Bertz CT molecular complexity index is 3280. The van der Waals surface area contributed by atoms with Crippen LogP contribution in [0.25, 0.3) is 86.6 Å². The number of thiophene rings is 1. The standard InChI is InChI=1S/C58H39NS/c1-4-14-40(15-5-1)46-29-35-50(41-16-6-2-7-17-41)55(38-46)44-26-32-48(33-27-44)59(49-34-37-54-53-22-12-13-23-56(53)60-57(54)39-49)47-30-24-43(25-31-47)52-36-28-42-18-10-11-21-51(42)58(52)45-19-8-3-9-20-45/h1-39H. The highest BCUT2D eigenvalue weighted by Crippen LogP contribution is 2.44. The van der Waals surface area contributed by atoms with E-state index in [1.165, 1.54) is 86.6 Å². The minimum atomic E-state index is 1.10. The summed E-state index contributed by atoms with van der Waals surface area (Å²) >= 11 is 1.86. The maximum Gasteiger partial charge on any atom is 0.0476 e. The van der Waals surface area contributed by atoms with Gasteiger partial charge in [-0.05, 0) is 115 Å². The molecular formula is C58H39NS. The van der Waals surface area contributed by atoms with Crippen LogP contribution in [-0.4, -0.2) is 0 Å². The van der Waals surface area contributed by atoms with Gasteiger partial charge in [-0.15, -0.1) is 11.3 Å². The van der Waals surface area contributed by atoms with Crippen molar-refractivity contribution < 1.29 is 0 Å². The van der Waals surface area contributed by atoms with E-state index in [4.69, 9.17) is 0 Å². The van der Waals surface area contributed by atoms with Crippen molar-refractivity contribution in [2.24, 2.45) is 0 Å². The lowest BCUT2D eigenvalue weighted by Crippen LogP contribution is -2.09. The lowest BCUT2D eigenvalue weighted by atomic mass is 9.89. The fourth-order valence-electron chi connectivity index (χ4n) is 8.77. The summed E-state index contributed by atoms with van der Waals surface area (Å²) in [5.74, 6) is 0. The molecule has 0 aliphatic rings. The minimum absolute atomic E-state index is 1.10. The molecule has 282 valence electrons. The normalized spacial score (nSPS) is 11.3. The maximum atomic E-state index is 2.40. The average molecular weight is 782 g/mol. The molecule has 11 aromatic rings. The van der Waals surface area contributed by atoms with Crippen LogP contribution in [0.15, 0.2) is 237 Å². The second-order valence-electron chi connectivity index (χ2n) is 15.3. The van der Waals surface area contributed by atoms with Gasteiger partial charge in [0.05, 0.1) is 0 Å². The van der Waals surface area contributed by atoms with Crippen LogP contribution in [0, 0.1) is 0 Å². The SMILES string of the molecule is c1ccc(-c2ccc(-c3ccccc3)c(-c3ccc(N(c4ccc(-c5ccc6ccccc6c5-c5ccccc5)cc4)c4ccc5c(c4)sc4ccccc45)cc3)c2)cc1. The highest BCUT2D eigenvalue weighted by molar-refractivity contribution is 7.25. The van der Waals surface area contributed by atoms with Gasteiger partial charge in [-0.2, -0.15) is 0 Å². The van der Waals surface area contributed by atoms with Crippen LogP contribution in [0.2, 0.25) is 0 Å². The summed E-state index contributed by atoms with van der Waals surface area (Å²) in [4.78, 5) is 2.40. The van der Waals surface area contributed by atoms with Crippen LogP contribution in [0.4, 0.5) is 17.1 Å². The van der Waals surface area contributed by atoms with Crippen LogP contribution in [0.5, 0.6) is 0 Å². The predicted molar refractivity (Wildman–Crippen MR) is 259 cm³/mol. The van der Waals surface area contributed by atoms with Crippen LogP contribution in [0.3, 0.4) is 0 Å². The van der Waals surface area contributed by atoms with Gasteiger partial charge in [-0.1, -0.05) is 188 Å². The lowest BCUT2D eigenvalue weighted by Gasteiger charge is -2.26. The lowest BCUT2D eigenvalue weighted by molar-refractivity contribution is 1.29. The third-order valence-corrected chi connectivity index (χ3v) is 12.8. The monoisotopic (exact) mass is 781 g/mol. The van der Waals surface area contributed by atoms with Crippen LogP contribution >= 0.6 is 11.3 Å². The zero-order chi connectivity index (χ0) is 39.8. The molecule has 2 heteroatoms. The molecule has 0 saturated heterocycles. The average Bonchev–Trinajstić information content (AvgIpc) is 3.70. The Morgan fingerprint density at radius 2 is 0.767 bits per heavy atom. The summed E-state index contributed by atoms with van der Waals surface area (Å²) in [6.07, 6.45) is 0. The second kappa shape index (κ2) is 15.3. The van der Waals surface area contributed by atoms with Crippen molar-refractivity contribution in [2.45, 2.75) is 0 Å². The van der Waals surface area contributed by atoms with Gasteiger partial charge in [0.25, 0.3) is 0 Å². The van der Waals surface area contributed by atoms with Crippen molar-refractivity contribution in [1.82, 2.24) is 0 Å². The molecule has 0 bridgehead atoms. The first-order chi connectivity index (χ1) is 29.7. The smallest absolute Gasteiger partial charge is 0.0476 e. The molecule has 0 radical (unpaired) electrons. The molecule has 0 saturated carbocycles. The van der Waals surface area contributed by atoms with Crippen LogP contribution in [-0.2, 0) is 0 Å². The third-order valence-electron chi connectivity index (χ3n) is 11.7. The topological polar surface area (TPSA) is 3.24 Å². The first-order valence-corrected chi connectivity index (χ1v) is 21.3. The second-order valence-corrected chi connectivity index (χ2v) is 16.4. The Kier molecular flexibility index (Phi) is 9.11. The number of anilines is 3. The highest BCUT2D eigenvalue weighted by Gasteiger charge is 2.18. The van der Waals surface area contributed by atoms with Crippen molar-refractivity contribution >= 4 is 59.3 Å². The van der Waals surface area contributed by atoms with Gasteiger partial charge in [0.15, 0.2) is 0 Å². The fraction of sp³-hybridized carbons (Fsp3) is 0. The summed E-state index contributed by atoms with van der Waals surface area (Å²) in [6.45, 7) is 0.